The van der Waals surface area contributed by atoms with Gasteiger partial charge in [0.1, 0.15) is 10.8 Å². The largest absolute Gasteiger partial charge is 0.497 e. The van der Waals surface area contributed by atoms with E-state index in [-0.39, 0.29) is 21.8 Å². The van der Waals surface area contributed by atoms with Crippen molar-refractivity contribution in [2.45, 2.75) is 6.18 Å². The van der Waals surface area contributed by atoms with Gasteiger partial charge in [0.15, 0.2) is 6.61 Å². The van der Waals surface area contributed by atoms with Crippen molar-refractivity contribution in [2.75, 3.05) is 24.4 Å². The monoisotopic (exact) mass is 479 g/mol. The number of amides is 2. The number of benzene rings is 2. The molecular weight excluding hydrogens is 463 g/mol. The maximum Gasteiger partial charge on any atom is 0.422 e. The van der Waals surface area contributed by atoms with Crippen molar-refractivity contribution in [1.29, 1.82) is 0 Å². The molecule has 3 aromatic rings. The van der Waals surface area contributed by atoms with Crippen LogP contribution in [0.1, 0.15) is 20.7 Å². The number of nitrogens with zero attached hydrogens (tertiary/aromatic N) is 1. The van der Waals surface area contributed by atoms with Crippen molar-refractivity contribution in [1.82, 2.24) is 4.98 Å². The second-order valence-electron chi connectivity index (χ2n) is 6.60. The summed E-state index contributed by atoms with van der Waals surface area (Å²) in [6.07, 6.45) is -3.54. The van der Waals surface area contributed by atoms with E-state index in [1.54, 1.807) is 36.4 Å². The first-order valence-corrected chi connectivity index (χ1v) is 9.75. The molecule has 0 fully saturated rings. The lowest BCUT2D eigenvalue weighted by Crippen LogP contribution is -2.20. The quantitative estimate of drug-likeness (QED) is 0.487. The van der Waals surface area contributed by atoms with Crippen molar-refractivity contribution < 1.29 is 32.2 Å². The number of ether oxygens (including phenoxy) is 2. The van der Waals surface area contributed by atoms with E-state index >= 15 is 0 Å². The SMILES string of the molecule is COc1cccc(NC(=O)c2ccccc2NC(=O)c2cnc(OCC(F)(F)F)c(Cl)c2)c1. The standard InChI is InChI=1S/C22H17ClF3N3O4/c1-32-15-6-4-5-14(10-15)28-20(31)16-7-2-3-8-18(16)29-19(30)13-9-17(23)21(27-11-13)33-12-22(24,25)26/h2-11H,12H2,1H3,(H,28,31)(H,29,30). The van der Waals surface area contributed by atoms with Crippen LogP contribution in [0, 0.1) is 0 Å². The Labute approximate surface area is 191 Å². The average Bonchev–Trinajstić information content (AvgIpc) is 2.78. The van der Waals surface area contributed by atoms with Gasteiger partial charge in [-0.1, -0.05) is 29.8 Å². The van der Waals surface area contributed by atoms with Gasteiger partial charge in [0, 0.05) is 18.0 Å². The molecule has 0 bridgehead atoms. The second kappa shape index (κ2) is 10.2. The number of anilines is 2. The van der Waals surface area contributed by atoms with E-state index < -0.39 is 30.5 Å². The van der Waals surface area contributed by atoms with Gasteiger partial charge < -0.3 is 20.1 Å². The van der Waals surface area contributed by atoms with Gasteiger partial charge in [-0.2, -0.15) is 13.2 Å². The molecule has 3 rings (SSSR count). The lowest BCUT2D eigenvalue weighted by atomic mass is 10.1. The summed E-state index contributed by atoms with van der Waals surface area (Å²) in [5.41, 5.74) is 0.836. The average molecular weight is 480 g/mol. The van der Waals surface area contributed by atoms with Gasteiger partial charge in [0.2, 0.25) is 5.88 Å². The summed E-state index contributed by atoms with van der Waals surface area (Å²) in [6, 6.07) is 14.2. The van der Waals surface area contributed by atoms with E-state index in [1.165, 1.54) is 19.2 Å². The molecule has 0 saturated carbocycles. The fourth-order valence-corrected chi connectivity index (χ4v) is 2.91. The number of para-hydroxylation sites is 1. The van der Waals surface area contributed by atoms with Crippen LogP contribution < -0.4 is 20.1 Å². The molecule has 0 aliphatic rings. The number of hydrogen-bond acceptors (Lipinski definition) is 5. The first kappa shape index (κ1) is 23.9. The lowest BCUT2D eigenvalue weighted by molar-refractivity contribution is -0.154. The molecule has 0 radical (unpaired) electrons. The third-order valence-electron chi connectivity index (χ3n) is 4.19. The van der Waals surface area contributed by atoms with Crippen molar-refractivity contribution in [3.05, 3.63) is 76.9 Å². The number of halogens is 4. The minimum atomic E-state index is -4.56. The molecule has 33 heavy (non-hydrogen) atoms. The molecule has 2 N–H and O–H groups in total. The van der Waals surface area contributed by atoms with Crippen molar-refractivity contribution in [3.63, 3.8) is 0 Å². The highest BCUT2D eigenvalue weighted by atomic mass is 35.5. The van der Waals surface area contributed by atoms with Crippen LogP contribution in [0.3, 0.4) is 0 Å². The molecule has 2 amide bonds. The van der Waals surface area contributed by atoms with Gasteiger partial charge in [0.25, 0.3) is 11.8 Å². The van der Waals surface area contributed by atoms with Crippen LogP contribution in [0.15, 0.2) is 60.8 Å². The summed E-state index contributed by atoms with van der Waals surface area (Å²) in [6.45, 7) is -1.57. The van der Waals surface area contributed by atoms with Crippen molar-refractivity contribution in [3.8, 4) is 11.6 Å². The Balaban J connectivity index is 1.74. The summed E-state index contributed by atoms with van der Waals surface area (Å²) in [5, 5.41) is 5.02. The zero-order chi connectivity index (χ0) is 24.0. The Bertz CT molecular complexity index is 1170. The van der Waals surface area contributed by atoms with Gasteiger partial charge in [0.05, 0.1) is 23.9 Å². The number of aromatic nitrogens is 1. The van der Waals surface area contributed by atoms with E-state index in [9.17, 15) is 22.8 Å². The number of alkyl halides is 3. The minimum Gasteiger partial charge on any atom is -0.497 e. The molecule has 7 nitrogen and oxygen atoms in total. The Morgan fingerprint density at radius 3 is 2.48 bits per heavy atom. The molecule has 1 aromatic heterocycles. The number of carbonyl (C=O) groups excluding carboxylic acids is 2. The molecule has 1 heterocycles. The van der Waals surface area contributed by atoms with E-state index in [1.807, 2.05) is 0 Å². The summed E-state index contributed by atoms with van der Waals surface area (Å²) < 4.78 is 46.6. The summed E-state index contributed by atoms with van der Waals surface area (Å²) in [5.74, 6) is -1.05. The van der Waals surface area contributed by atoms with Crippen LogP contribution in [0.5, 0.6) is 11.6 Å². The normalized spacial score (nSPS) is 10.9. The number of carbonyl (C=O) groups is 2. The third kappa shape index (κ3) is 6.59. The highest BCUT2D eigenvalue weighted by Crippen LogP contribution is 2.26. The third-order valence-corrected chi connectivity index (χ3v) is 4.46. The molecule has 11 heteroatoms. The first-order chi connectivity index (χ1) is 15.7. The number of rotatable bonds is 7. The predicted octanol–water partition coefficient (Wildman–Crippen LogP) is 5.19. The van der Waals surface area contributed by atoms with E-state index in [0.717, 1.165) is 12.3 Å². The molecule has 0 atom stereocenters. The van der Waals surface area contributed by atoms with Gasteiger partial charge >= 0.3 is 6.18 Å². The summed E-state index contributed by atoms with van der Waals surface area (Å²) in [7, 11) is 1.50. The summed E-state index contributed by atoms with van der Waals surface area (Å²) in [4.78, 5) is 29.1. The van der Waals surface area contributed by atoms with Gasteiger partial charge in [-0.25, -0.2) is 4.98 Å². The molecule has 0 unspecified atom stereocenters. The topological polar surface area (TPSA) is 89.6 Å². The van der Waals surface area contributed by atoms with Crippen molar-refractivity contribution in [2.24, 2.45) is 0 Å². The molecule has 2 aromatic carbocycles. The predicted molar refractivity (Wildman–Crippen MR) is 116 cm³/mol. The maximum absolute atomic E-state index is 12.8. The fraction of sp³-hybridized carbons (Fsp3) is 0.136. The number of pyridine rings is 1. The second-order valence-corrected chi connectivity index (χ2v) is 7.01. The highest BCUT2D eigenvalue weighted by Gasteiger charge is 2.29. The van der Waals surface area contributed by atoms with Gasteiger partial charge in [-0.3, -0.25) is 9.59 Å². The maximum atomic E-state index is 12.8. The lowest BCUT2D eigenvalue weighted by Gasteiger charge is -2.13. The van der Waals surface area contributed by atoms with E-state index in [2.05, 4.69) is 20.4 Å². The first-order valence-electron chi connectivity index (χ1n) is 9.37. The van der Waals surface area contributed by atoms with Crippen LogP contribution in [0.25, 0.3) is 0 Å². The fourth-order valence-electron chi connectivity index (χ4n) is 2.69. The minimum absolute atomic E-state index is 0.0395. The number of hydrogen-bond donors (Lipinski definition) is 2. The molecular formula is C22H17ClF3N3O4. The highest BCUT2D eigenvalue weighted by molar-refractivity contribution is 6.32. The van der Waals surface area contributed by atoms with Crippen LogP contribution in [-0.2, 0) is 0 Å². The van der Waals surface area contributed by atoms with Gasteiger partial charge in [-0.15, -0.1) is 0 Å². The number of nitrogens with one attached hydrogen (secondary N) is 2. The van der Waals surface area contributed by atoms with Gasteiger partial charge in [-0.05, 0) is 30.3 Å². The Morgan fingerprint density at radius 2 is 1.79 bits per heavy atom. The number of methoxy groups -OCH3 is 1. The van der Waals surface area contributed by atoms with E-state index in [0.29, 0.717) is 11.4 Å². The molecule has 0 aliphatic heterocycles. The summed E-state index contributed by atoms with van der Waals surface area (Å²) >= 11 is 5.89. The van der Waals surface area contributed by atoms with Crippen LogP contribution in [0.2, 0.25) is 5.02 Å². The Hall–Kier alpha value is -3.79. The zero-order valence-electron chi connectivity index (χ0n) is 17.1. The smallest absolute Gasteiger partial charge is 0.422 e. The Morgan fingerprint density at radius 1 is 1.03 bits per heavy atom. The Kier molecular flexibility index (Phi) is 7.39. The molecule has 0 spiro atoms. The van der Waals surface area contributed by atoms with Crippen LogP contribution in [0.4, 0.5) is 24.5 Å². The molecule has 0 aliphatic carbocycles. The van der Waals surface area contributed by atoms with Crippen molar-refractivity contribution >= 4 is 34.8 Å². The zero-order valence-corrected chi connectivity index (χ0v) is 17.8. The van der Waals surface area contributed by atoms with Crippen LogP contribution in [-0.4, -0.2) is 36.7 Å². The molecule has 172 valence electrons. The van der Waals surface area contributed by atoms with E-state index in [4.69, 9.17) is 16.3 Å². The molecule has 0 saturated heterocycles. The van der Waals surface area contributed by atoms with Crippen LogP contribution >= 0.6 is 11.6 Å².